The zero-order valence-electron chi connectivity index (χ0n) is 9.97. The van der Waals surface area contributed by atoms with Crippen LogP contribution in [0.2, 0.25) is 0 Å². The topological polar surface area (TPSA) is 52.0 Å². The normalized spacial score (nSPS) is 17.8. The van der Waals surface area contributed by atoms with Crippen LogP contribution in [0.25, 0.3) is 0 Å². The van der Waals surface area contributed by atoms with Crippen molar-refractivity contribution in [2.24, 2.45) is 23.3 Å². The van der Waals surface area contributed by atoms with Crippen molar-refractivity contribution in [3.63, 3.8) is 0 Å². The molecule has 0 radical (unpaired) electrons. The second-order valence-corrected chi connectivity index (χ2v) is 4.71. The van der Waals surface area contributed by atoms with E-state index in [1.807, 2.05) is 0 Å². The van der Waals surface area contributed by atoms with E-state index in [9.17, 15) is 0 Å². The lowest BCUT2D eigenvalue weighted by molar-refractivity contribution is 0.366. The summed E-state index contributed by atoms with van der Waals surface area (Å²) in [7, 11) is 0. The van der Waals surface area contributed by atoms with Gasteiger partial charge in [-0.2, -0.15) is 0 Å². The summed E-state index contributed by atoms with van der Waals surface area (Å²) in [6, 6.07) is 0. The fraction of sp³-hybridized carbons (Fsp3) is 1.00. The van der Waals surface area contributed by atoms with Gasteiger partial charge in [0.2, 0.25) is 0 Å². The van der Waals surface area contributed by atoms with Gasteiger partial charge in [-0.25, -0.2) is 0 Å². The van der Waals surface area contributed by atoms with Gasteiger partial charge in [0.1, 0.15) is 0 Å². The summed E-state index contributed by atoms with van der Waals surface area (Å²) in [6.07, 6.45) is 8.20. The van der Waals surface area contributed by atoms with Crippen LogP contribution in [0.1, 0.15) is 52.4 Å². The molecule has 0 aliphatic heterocycles. The lowest BCUT2D eigenvalue weighted by Crippen LogP contribution is -2.16. The second-order valence-electron chi connectivity index (χ2n) is 4.71. The monoisotopic (exact) mass is 200 g/mol. The molecule has 14 heavy (non-hydrogen) atoms. The highest BCUT2D eigenvalue weighted by Crippen LogP contribution is 2.21. The Morgan fingerprint density at radius 3 is 1.86 bits per heavy atom. The van der Waals surface area contributed by atoms with Crippen LogP contribution in [-0.4, -0.2) is 13.1 Å². The van der Waals surface area contributed by atoms with Crippen LogP contribution in [0.4, 0.5) is 0 Å². The number of rotatable bonds is 3. The first kappa shape index (κ1) is 13.9. The van der Waals surface area contributed by atoms with Gasteiger partial charge in [-0.05, 0) is 44.2 Å². The maximum atomic E-state index is 5.50. The molecule has 0 aromatic carbocycles. The fourth-order valence-corrected chi connectivity index (χ4v) is 1.76. The van der Waals surface area contributed by atoms with Crippen LogP contribution in [0.5, 0.6) is 0 Å². The first-order valence-corrected chi connectivity index (χ1v) is 6.10. The molecule has 0 bridgehead atoms. The molecule has 0 saturated heterocycles. The van der Waals surface area contributed by atoms with E-state index in [4.69, 9.17) is 11.5 Å². The molecule has 1 saturated carbocycles. The summed E-state index contributed by atoms with van der Waals surface area (Å²) in [5, 5.41) is 0. The third-order valence-electron chi connectivity index (χ3n) is 2.80. The average Bonchev–Trinajstić information content (AvgIpc) is 2.20. The molecule has 1 aliphatic rings. The molecule has 1 aliphatic carbocycles. The van der Waals surface area contributed by atoms with E-state index in [1.165, 1.54) is 32.1 Å². The minimum Gasteiger partial charge on any atom is -0.330 e. The Morgan fingerprint density at radius 2 is 1.64 bits per heavy atom. The van der Waals surface area contributed by atoms with Gasteiger partial charge in [0.15, 0.2) is 0 Å². The molecule has 0 unspecified atom stereocenters. The zero-order valence-corrected chi connectivity index (χ0v) is 9.97. The van der Waals surface area contributed by atoms with E-state index in [-0.39, 0.29) is 0 Å². The van der Waals surface area contributed by atoms with E-state index in [0.29, 0.717) is 0 Å². The molecule has 0 heterocycles. The number of hydrogen-bond donors (Lipinski definition) is 2. The quantitative estimate of drug-likeness (QED) is 0.735. The smallest absolute Gasteiger partial charge is 0.00489 e. The Balaban J connectivity index is 0.000000255. The summed E-state index contributed by atoms with van der Waals surface area (Å²) < 4.78 is 0. The van der Waals surface area contributed by atoms with E-state index in [1.54, 1.807) is 0 Å². The lowest BCUT2D eigenvalue weighted by Gasteiger charge is -2.18. The molecule has 1 rings (SSSR count). The Kier molecular flexibility index (Phi) is 9.42. The first-order valence-electron chi connectivity index (χ1n) is 6.10. The van der Waals surface area contributed by atoms with Crippen LogP contribution >= 0.6 is 0 Å². The van der Waals surface area contributed by atoms with Crippen molar-refractivity contribution < 1.29 is 0 Å². The van der Waals surface area contributed by atoms with Crippen LogP contribution in [0, 0.1) is 11.8 Å². The van der Waals surface area contributed by atoms with Crippen molar-refractivity contribution in [1.29, 1.82) is 0 Å². The van der Waals surface area contributed by atoms with Crippen molar-refractivity contribution in [1.82, 2.24) is 0 Å². The highest BCUT2D eigenvalue weighted by molar-refractivity contribution is 4.65. The van der Waals surface area contributed by atoms with Gasteiger partial charge in [0.05, 0.1) is 0 Å². The molecule has 86 valence electrons. The molecule has 0 aromatic rings. The molecule has 0 aromatic heterocycles. The molecule has 0 atom stereocenters. The third-order valence-corrected chi connectivity index (χ3v) is 2.80. The third kappa shape index (κ3) is 8.52. The summed E-state index contributed by atoms with van der Waals surface area (Å²) in [5.41, 5.74) is 10.7. The molecular formula is C12H28N2. The van der Waals surface area contributed by atoms with Gasteiger partial charge in [-0.15, -0.1) is 0 Å². The minimum absolute atomic E-state index is 0.773. The molecule has 2 heteroatoms. The summed E-state index contributed by atoms with van der Waals surface area (Å²) in [4.78, 5) is 0. The van der Waals surface area contributed by atoms with Gasteiger partial charge in [0.25, 0.3) is 0 Å². The van der Waals surface area contributed by atoms with Crippen LogP contribution in [0.3, 0.4) is 0 Å². The molecule has 4 N–H and O–H groups in total. The first-order chi connectivity index (χ1) is 6.70. The molecule has 0 amide bonds. The van der Waals surface area contributed by atoms with Crippen molar-refractivity contribution in [3.8, 4) is 0 Å². The van der Waals surface area contributed by atoms with Gasteiger partial charge >= 0.3 is 0 Å². The van der Waals surface area contributed by atoms with Gasteiger partial charge in [-0.1, -0.05) is 33.1 Å². The SMILES string of the molecule is CC(C)CCN.NCC1CCCCC1. The summed E-state index contributed by atoms with van der Waals surface area (Å²) in [5.74, 6) is 1.64. The minimum atomic E-state index is 0.773. The van der Waals surface area contributed by atoms with Crippen LogP contribution in [0.15, 0.2) is 0 Å². The Morgan fingerprint density at radius 1 is 1.07 bits per heavy atom. The summed E-state index contributed by atoms with van der Waals surface area (Å²) >= 11 is 0. The largest absolute Gasteiger partial charge is 0.330 e. The molecular weight excluding hydrogens is 172 g/mol. The number of hydrogen-bond acceptors (Lipinski definition) is 2. The van der Waals surface area contributed by atoms with Crippen LogP contribution in [-0.2, 0) is 0 Å². The predicted molar refractivity (Wildman–Crippen MR) is 64.1 cm³/mol. The highest BCUT2D eigenvalue weighted by atomic mass is 14.5. The number of nitrogens with two attached hydrogens (primary N) is 2. The highest BCUT2D eigenvalue weighted by Gasteiger charge is 2.09. The van der Waals surface area contributed by atoms with Gasteiger partial charge < -0.3 is 11.5 Å². The second kappa shape index (κ2) is 9.47. The van der Waals surface area contributed by atoms with Crippen molar-refractivity contribution >= 4 is 0 Å². The van der Waals surface area contributed by atoms with E-state index in [0.717, 1.165) is 31.3 Å². The van der Waals surface area contributed by atoms with Crippen LogP contribution < -0.4 is 11.5 Å². The Hall–Kier alpha value is -0.0800. The van der Waals surface area contributed by atoms with E-state index >= 15 is 0 Å². The zero-order chi connectivity index (χ0) is 10.8. The van der Waals surface area contributed by atoms with Gasteiger partial charge in [-0.3, -0.25) is 0 Å². The van der Waals surface area contributed by atoms with E-state index < -0.39 is 0 Å². The molecule has 2 nitrogen and oxygen atoms in total. The fourth-order valence-electron chi connectivity index (χ4n) is 1.76. The lowest BCUT2D eigenvalue weighted by atomic mass is 9.90. The molecule has 1 fully saturated rings. The Labute approximate surface area is 89.4 Å². The van der Waals surface area contributed by atoms with Crippen molar-refractivity contribution in [3.05, 3.63) is 0 Å². The Bertz CT molecular complexity index is 107. The van der Waals surface area contributed by atoms with Gasteiger partial charge in [0, 0.05) is 0 Å². The standard InChI is InChI=1S/C7H15N.C5H13N/c8-6-7-4-2-1-3-5-7;1-5(2)3-4-6/h7H,1-6,8H2;5H,3-4,6H2,1-2H3. The maximum Gasteiger partial charge on any atom is -0.00489 e. The summed E-state index contributed by atoms with van der Waals surface area (Å²) in [6.45, 7) is 6.09. The predicted octanol–water partition coefficient (Wildman–Crippen LogP) is 2.52. The van der Waals surface area contributed by atoms with E-state index in [2.05, 4.69) is 13.8 Å². The van der Waals surface area contributed by atoms with Crippen molar-refractivity contribution in [2.75, 3.05) is 13.1 Å². The molecule has 0 spiro atoms. The maximum absolute atomic E-state index is 5.50. The van der Waals surface area contributed by atoms with Crippen molar-refractivity contribution in [2.45, 2.75) is 52.4 Å². The average molecular weight is 200 g/mol.